The van der Waals surface area contributed by atoms with Gasteiger partial charge in [0.1, 0.15) is 0 Å². The van der Waals surface area contributed by atoms with Gasteiger partial charge in [-0.1, -0.05) is 23.7 Å². The summed E-state index contributed by atoms with van der Waals surface area (Å²) in [6, 6.07) is 9.07. The molecule has 1 amide bonds. The second-order valence-corrected chi connectivity index (χ2v) is 4.72. The number of nitrogens with zero attached hydrogens (tertiary/aromatic N) is 4. The number of amides is 1. The van der Waals surface area contributed by atoms with Gasteiger partial charge >= 0.3 is 0 Å². The lowest BCUT2D eigenvalue weighted by Crippen LogP contribution is -2.27. The Balaban J connectivity index is 2.12. The number of benzene rings is 1. The van der Waals surface area contributed by atoms with Crippen LogP contribution < -0.4 is 0 Å². The average Bonchev–Trinajstić information content (AvgIpc) is 2.47. The first-order valence-electron chi connectivity index (χ1n) is 5.95. The Morgan fingerprint density at radius 1 is 1.33 bits per heavy atom. The van der Waals surface area contributed by atoms with E-state index in [1.807, 2.05) is 0 Å². The Bertz CT molecular complexity index is 675. The second-order valence-electron chi connectivity index (χ2n) is 4.33. The van der Waals surface area contributed by atoms with Crippen LogP contribution in [0.3, 0.4) is 0 Å². The summed E-state index contributed by atoms with van der Waals surface area (Å²) in [6.07, 6.45) is 0. The molecule has 21 heavy (non-hydrogen) atoms. The molecule has 1 aromatic heterocycles. The van der Waals surface area contributed by atoms with E-state index in [1.165, 1.54) is 29.2 Å². The van der Waals surface area contributed by atoms with Crippen molar-refractivity contribution in [2.45, 2.75) is 6.54 Å². The second kappa shape index (κ2) is 6.27. The first kappa shape index (κ1) is 14.9. The van der Waals surface area contributed by atoms with Crippen molar-refractivity contribution in [1.82, 2.24) is 15.1 Å². The van der Waals surface area contributed by atoms with Crippen LogP contribution in [0.1, 0.15) is 16.1 Å². The summed E-state index contributed by atoms with van der Waals surface area (Å²) in [5.41, 5.74) is 0.800. The highest BCUT2D eigenvalue weighted by molar-refractivity contribution is 6.29. The molecule has 2 aromatic rings. The lowest BCUT2D eigenvalue weighted by Gasteiger charge is -2.16. The van der Waals surface area contributed by atoms with E-state index in [1.54, 1.807) is 19.2 Å². The first-order chi connectivity index (χ1) is 9.97. The topological polar surface area (TPSA) is 89.2 Å². The number of hydrogen-bond acceptors (Lipinski definition) is 5. The molecular formula is C13H11ClN4O3. The average molecular weight is 307 g/mol. The highest BCUT2D eigenvalue weighted by Crippen LogP contribution is 2.15. The van der Waals surface area contributed by atoms with Gasteiger partial charge in [-0.25, -0.2) is 0 Å². The quantitative estimate of drug-likeness (QED) is 0.638. The van der Waals surface area contributed by atoms with Crippen LogP contribution in [0.4, 0.5) is 5.69 Å². The maximum atomic E-state index is 12.1. The van der Waals surface area contributed by atoms with Crippen molar-refractivity contribution < 1.29 is 9.72 Å². The van der Waals surface area contributed by atoms with Crippen molar-refractivity contribution in [2.75, 3.05) is 7.05 Å². The summed E-state index contributed by atoms with van der Waals surface area (Å²) >= 11 is 5.61. The van der Waals surface area contributed by atoms with Crippen LogP contribution in [0.15, 0.2) is 36.4 Å². The summed E-state index contributed by atoms with van der Waals surface area (Å²) in [7, 11) is 1.58. The van der Waals surface area contributed by atoms with E-state index in [0.717, 1.165) is 0 Å². The molecule has 108 valence electrons. The molecule has 0 aliphatic rings. The summed E-state index contributed by atoms with van der Waals surface area (Å²) < 4.78 is 0. The molecule has 7 nitrogen and oxygen atoms in total. The molecule has 0 spiro atoms. The number of carbonyl (C=O) groups excluding carboxylic acids is 1. The monoisotopic (exact) mass is 306 g/mol. The number of halogens is 1. The molecule has 0 N–H and O–H groups in total. The minimum atomic E-state index is -0.476. The van der Waals surface area contributed by atoms with E-state index in [4.69, 9.17) is 11.6 Å². The van der Waals surface area contributed by atoms with E-state index in [2.05, 4.69) is 10.2 Å². The Hall–Kier alpha value is -2.54. The Morgan fingerprint density at radius 3 is 2.71 bits per heavy atom. The number of carbonyl (C=O) groups is 1. The fourth-order valence-corrected chi connectivity index (χ4v) is 1.84. The number of nitro benzene ring substituents is 1. The number of nitro groups is 1. The van der Waals surface area contributed by atoms with E-state index in [-0.39, 0.29) is 29.0 Å². The third-order valence-electron chi connectivity index (χ3n) is 2.74. The van der Waals surface area contributed by atoms with E-state index < -0.39 is 4.92 Å². The van der Waals surface area contributed by atoms with Crippen molar-refractivity contribution >= 4 is 23.2 Å². The van der Waals surface area contributed by atoms with Crippen molar-refractivity contribution in [3.05, 3.63) is 62.9 Å². The summed E-state index contributed by atoms with van der Waals surface area (Å²) in [6.45, 7) is 0.227. The van der Waals surface area contributed by atoms with Crippen LogP contribution in [-0.2, 0) is 6.54 Å². The molecule has 2 rings (SSSR count). The lowest BCUT2D eigenvalue weighted by atomic mass is 10.2. The van der Waals surface area contributed by atoms with Gasteiger partial charge in [0.25, 0.3) is 11.6 Å². The Morgan fingerprint density at radius 2 is 2.10 bits per heavy atom. The molecule has 0 aliphatic carbocycles. The van der Waals surface area contributed by atoms with Gasteiger partial charge in [-0.3, -0.25) is 14.9 Å². The standard InChI is InChI=1S/C13H11ClN4O3/c1-17(13(19)11-5-6-12(14)16-15-11)8-9-3-2-4-10(7-9)18(20)21/h2-7H,8H2,1H3. The van der Waals surface area contributed by atoms with Gasteiger partial charge in [0.15, 0.2) is 10.8 Å². The van der Waals surface area contributed by atoms with E-state index in [9.17, 15) is 14.9 Å². The zero-order chi connectivity index (χ0) is 15.4. The van der Waals surface area contributed by atoms with Crippen LogP contribution in [0.25, 0.3) is 0 Å². The molecule has 0 bridgehead atoms. The normalized spacial score (nSPS) is 10.2. The predicted molar refractivity (Wildman–Crippen MR) is 75.9 cm³/mol. The van der Waals surface area contributed by atoms with Gasteiger partial charge in [-0.2, -0.15) is 0 Å². The maximum Gasteiger partial charge on any atom is 0.274 e. The molecule has 0 saturated carbocycles. The van der Waals surface area contributed by atoms with Gasteiger partial charge in [-0.05, 0) is 17.7 Å². The van der Waals surface area contributed by atoms with Gasteiger partial charge in [-0.15, -0.1) is 10.2 Å². The smallest absolute Gasteiger partial charge is 0.274 e. The highest BCUT2D eigenvalue weighted by atomic mass is 35.5. The third-order valence-corrected chi connectivity index (χ3v) is 2.94. The first-order valence-corrected chi connectivity index (χ1v) is 6.33. The predicted octanol–water partition coefficient (Wildman–Crippen LogP) is 2.31. The molecule has 0 aliphatic heterocycles. The molecule has 0 unspecified atom stereocenters. The molecule has 0 fully saturated rings. The van der Waals surface area contributed by atoms with Gasteiger partial charge in [0.05, 0.1) is 4.92 Å². The Labute approximate surface area is 125 Å². The molecule has 1 heterocycles. The number of non-ortho nitro benzene ring substituents is 1. The highest BCUT2D eigenvalue weighted by Gasteiger charge is 2.15. The third kappa shape index (κ3) is 3.73. The van der Waals surface area contributed by atoms with Crippen LogP contribution in [0.2, 0.25) is 5.15 Å². The number of hydrogen-bond donors (Lipinski definition) is 0. The fraction of sp³-hybridized carbons (Fsp3) is 0.154. The lowest BCUT2D eigenvalue weighted by molar-refractivity contribution is -0.384. The summed E-state index contributed by atoms with van der Waals surface area (Å²) in [4.78, 5) is 23.8. The maximum absolute atomic E-state index is 12.1. The van der Waals surface area contributed by atoms with E-state index >= 15 is 0 Å². The SMILES string of the molecule is CN(Cc1cccc([N+](=O)[O-])c1)C(=O)c1ccc(Cl)nn1. The molecule has 8 heteroatoms. The van der Waals surface area contributed by atoms with Crippen molar-refractivity contribution in [1.29, 1.82) is 0 Å². The van der Waals surface area contributed by atoms with Crippen LogP contribution >= 0.6 is 11.6 Å². The molecular weight excluding hydrogens is 296 g/mol. The minimum absolute atomic E-state index is 0.0142. The van der Waals surface area contributed by atoms with Gasteiger partial charge in [0, 0.05) is 25.7 Å². The zero-order valence-electron chi connectivity index (χ0n) is 11.1. The largest absolute Gasteiger partial charge is 0.336 e. The molecule has 0 saturated heterocycles. The zero-order valence-corrected chi connectivity index (χ0v) is 11.8. The number of rotatable bonds is 4. The van der Waals surface area contributed by atoms with Gasteiger partial charge < -0.3 is 4.90 Å². The van der Waals surface area contributed by atoms with Crippen LogP contribution in [0, 0.1) is 10.1 Å². The summed E-state index contributed by atoms with van der Waals surface area (Å²) in [5.74, 6) is -0.342. The molecule has 0 atom stereocenters. The van der Waals surface area contributed by atoms with Crippen molar-refractivity contribution in [3.8, 4) is 0 Å². The summed E-state index contributed by atoms with van der Waals surface area (Å²) in [5, 5.41) is 18.2. The Kier molecular flexibility index (Phi) is 4.44. The molecule has 0 radical (unpaired) electrons. The van der Waals surface area contributed by atoms with Crippen molar-refractivity contribution in [2.24, 2.45) is 0 Å². The number of aromatic nitrogens is 2. The minimum Gasteiger partial charge on any atom is -0.336 e. The van der Waals surface area contributed by atoms with Crippen LogP contribution in [-0.4, -0.2) is 33.0 Å². The molecule has 1 aromatic carbocycles. The van der Waals surface area contributed by atoms with E-state index in [0.29, 0.717) is 5.56 Å². The fourth-order valence-electron chi connectivity index (χ4n) is 1.74. The van der Waals surface area contributed by atoms with Crippen molar-refractivity contribution in [3.63, 3.8) is 0 Å². The van der Waals surface area contributed by atoms with Crippen LogP contribution in [0.5, 0.6) is 0 Å². The van der Waals surface area contributed by atoms with Gasteiger partial charge in [0.2, 0.25) is 0 Å².